The van der Waals surface area contributed by atoms with Gasteiger partial charge in [0.15, 0.2) is 0 Å². The fourth-order valence-corrected chi connectivity index (χ4v) is 2.69. The van der Waals surface area contributed by atoms with Crippen LogP contribution in [0.5, 0.6) is 0 Å². The van der Waals surface area contributed by atoms with E-state index in [1.807, 2.05) is 25.7 Å². The van der Waals surface area contributed by atoms with Crippen LogP contribution >= 0.6 is 0 Å². The lowest BCUT2D eigenvalue weighted by atomic mass is 9.93. The van der Waals surface area contributed by atoms with Crippen LogP contribution in [0.15, 0.2) is 0 Å². The largest absolute Gasteiger partial charge is 0.352 e. The van der Waals surface area contributed by atoms with E-state index in [4.69, 9.17) is 0 Å². The average molecular weight is 295 g/mol. The Kier molecular flexibility index (Phi) is 5.25. The molecule has 21 heavy (non-hydrogen) atoms. The zero-order valence-electron chi connectivity index (χ0n) is 13.6. The van der Waals surface area contributed by atoms with Gasteiger partial charge in [-0.05, 0) is 38.1 Å². The molecule has 2 amide bonds. The molecule has 5 nitrogen and oxygen atoms in total. The zero-order valence-corrected chi connectivity index (χ0v) is 13.6. The fourth-order valence-electron chi connectivity index (χ4n) is 2.69. The van der Waals surface area contributed by atoms with Crippen LogP contribution in [-0.2, 0) is 9.59 Å². The normalized spacial score (nSPS) is 20.4. The third kappa shape index (κ3) is 5.30. The fraction of sp³-hybridized carbons (Fsp3) is 0.875. The summed E-state index contributed by atoms with van der Waals surface area (Å²) in [6.45, 7) is 8.73. The Morgan fingerprint density at radius 1 is 1.10 bits per heavy atom. The van der Waals surface area contributed by atoms with Crippen molar-refractivity contribution in [2.75, 3.05) is 26.2 Å². The van der Waals surface area contributed by atoms with Gasteiger partial charge in [-0.25, -0.2) is 0 Å². The number of carbonyl (C=O) groups is 2. The quantitative estimate of drug-likeness (QED) is 0.799. The van der Waals surface area contributed by atoms with Gasteiger partial charge in [0.05, 0.1) is 6.54 Å². The minimum Gasteiger partial charge on any atom is -0.352 e. The number of hydrogen-bond donors (Lipinski definition) is 2. The Morgan fingerprint density at radius 3 is 2.24 bits per heavy atom. The van der Waals surface area contributed by atoms with E-state index in [0.717, 1.165) is 38.4 Å². The standard InChI is InChI=1S/C16H29N3O2/c1-16(2,3)15(21)19-8-6-13(7-9-19)18-14(20)11-17-10-12-4-5-12/h12-13,17H,4-11H2,1-3H3,(H,18,20). The van der Waals surface area contributed by atoms with E-state index in [2.05, 4.69) is 10.6 Å². The molecular weight excluding hydrogens is 266 g/mol. The highest BCUT2D eigenvalue weighted by molar-refractivity contribution is 5.81. The summed E-state index contributed by atoms with van der Waals surface area (Å²) in [5, 5.41) is 6.28. The number of nitrogens with one attached hydrogen (secondary N) is 2. The summed E-state index contributed by atoms with van der Waals surface area (Å²) < 4.78 is 0. The van der Waals surface area contributed by atoms with Crippen molar-refractivity contribution in [3.63, 3.8) is 0 Å². The first-order chi connectivity index (χ1) is 9.86. The summed E-state index contributed by atoms with van der Waals surface area (Å²) >= 11 is 0. The molecule has 0 atom stereocenters. The van der Waals surface area contributed by atoms with Gasteiger partial charge < -0.3 is 15.5 Å². The lowest BCUT2D eigenvalue weighted by Crippen LogP contribution is -2.50. The van der Waals surface area contributed by atoms with Crippen molar-refractivity contribution in [2.24, 2.45) is 11.3 Å². The first-order valence-corrected chi connectivity index (χ1v) is 8.15. The van der Waals surface area contributed by atoms with Crippen LogP contribution in [-0.4, -0.2) is 48.9 Å². The van der Waals surface area contributed by atoms with Crippen LogP contribution in [0, 0.1) is 11.3 Å². The lowest BCUT2D eigenvalue weighted by Gasteiger charge is -2.36. The monoisotopic (exact) mass is 295 g/mol. The Labute approximate surface area is 127 Å². The van der Waals surface area contributed by atoms with Gasteiger partial charge in [-0.1, -0.05) is 20.8 Å². The number of nitrogens with zero attached hydrogens (tertiary/aromatic N) is 1. The summed E-state index contributed by atoms with van der Waals surface area (Å²) in [7, 11) is 0. The van der Waals surface area contributed by atoms with Crippen LogP contribution in [0.2, 0.25) is 0 Å². The third-order valence-electron chi connectivity index (χ3n) is 4.20. The molecule has 0 spiro atoms. The molecule has 1 aliphatic heterocycles. The molecule has 0 radical (unpaired) electrons. The molecule has 0 bridgehead atoms. The maximum atomic E-state index is 12.2. The molecule has 0 aromatic carbocycles. The van der Waals surface area contributed by atoms with Crippen molar-refractivity contribution in [3.8, 4) is 0 Å². The first-order valence-electron chi connectivity index (χ1n) is 8.15. The number of likely N-dealkylation sites (tertiary alicyclic amines) is 1. The Hall–Kier alpha value is -1.10. The van der Waals surface area contributed by atoms with Crippen molar-refractivity contribution in [1.29, 1.82) is 0 Å². The summed E-state index contributed by atoms with van der Waals surface area (Å²) in [4.78, 5) is 25.9. The van der Waals surface area contributed by atoms with E-state index < -0.39 is 0 Å². The highest BCUT2D eigenvalue weighted by atomic mass is 16.2. The minimum atomic E-state index is -0.317. The highest BCUT2D eigenvalue weighted by Crippen LogP contribution is 2.27. The second-order valence-electron chi connectivity index (χ2n) is 7.46. The summed E-state index contributed by atoms with van der Waals surface area (Å²) in [6, 6.07) is 0.212. The molecule has 1 saturated carbocycles. The smallest absolute Gasteiger partial charge is 0.234 e. The SMILES string of the molecule is CC(C)(C)C(=O)N1CCC(NC(=O)CNCC2CC2)CC1. The molecule has 2 N–H and O–H groups in total. The maximum absolute atomic E-state index is 12.2. The van der Waals surface area contributed by atoms with E-state index in [-0.39, 0.29) is 23.3 Å². The van der Waals surface area contributed by atoms with Gasteiger partial charge in [0.1, 0.15) is 0 Å². The van der Waals surface area contributed by atoms with Crippen LogP contribution in [0.4, 0.5) is 0 Å². The number of amides is 2. The van der Waals surface area contributed by atoms with E-state index in [9.17, 15) is 9.59 Å². The molecular formula is C16H29N3O2. The molecule has 0 aromatic rings. The van der Waals surface area contributed by atoms with E-state index in [0.29, 0.717) is 6.54 Å². The Balaban J connectivity index is 1.63. The van der Waals surface area contributed by atoms with Crippen molar-refractivity contribution in [1.82, 2.24) is 15.5 Å². The molecule has 120 valence electrons. The maximum Gasteiger partial charge on any atom is 0.234 e. The molecule has 1 heterocycles. The predicted molar refractivity (Wildman–Crippen MR) is 82.8 cm³/mol. The van der Waals surface area contributed by atoms with Crippen LogP contribution in [0.25, 0.3) is 0 Å². The van der Waals surface area contributed by atoms with Crippen LogP contribution < -0.4 is 10.6 Å². The number of hydrogen-bond acceptors (Lipinski definition) is 3. The van der Waals surface area contributed by atoms with Crippen molar-refractivity contribution in [2.45, 2.75) is 52.5 Å². The van der Waals surface area contributed by atoms with Crippen molar-refractivity contribution < 1.29 is 9.59 Å². The number of carbonyl (C=O) groups excluding carboxylic acids is 2. The molecule has 0 aromatic heterocycles. The molecule has 2 rings (SSSR count). The molecule has 1 aliphatic carbocycles. The van der Waals surface area contributed by atoms with Gasteiger partial charge in [-0.15, -0.1) is 0 Å². The van der Waals surface area contributed by atoms with Crippen molar-refractivity contribution >= 4 is 11.8 Å². The van der Waals surface area contributed by atoms with Gasteiger partial charge in [-0.2, -0.15) is 0 Å². The molecule has 0 unspecified atom stereocenters. The van der Waals surface area contributed by atoms with Crippen molar-refractivity contribution in [3.05, 3.63) is 0 Å². The van der Waals surface area contributed by atoms with Gasteiger partial charge in [-0.3, -0.25) is 9.59 Å². The molecule has 1 saturated heterocycles. The molecule has 2 fully saturated rings. The van der Waals surface area contributed by atoms with E-state index in [1.54, 1.807) is 0 Å². The van der Waals surface area contributed by atoms with Gasteiger partial charge in [0.2, 0.25) is 11.8 Å². The summed E-state index contributed by atoms with van der Waals surface area (Å²) in [5.74, 6) is 1.08. The minimum absolute atomic E-state index is 0.0799. The summed E-state index contributed by atoms with van der Waals surface area (Å²) in [6.07, 6.45) is 4.32. The second kappa shape index (κ2) is 6.77. The topological polar surface area (TPSA) is 61.4 Å². The molecule has 5 heteroatoms. The predicted octanol–water partition coefficient (Wildman–Crippen LogP) is 1.14. The Bertz CT molecular complexity index is 377. The summed E-state index contributed by atoms with van der Waals surface area (Å²) in [5.41, 5.74) is -0.317. The highest BCUT2D eigenvalue weighted by Gasteiger charge is 2.30. The molecule has 2 aliphatic rings. The second-order valence-corrected chi connectivity index (χ2v) is 7.46. The van der Waals surface area contributed by atoms with Gasteiger partial charge in [0, 0.05) is 24.5 Å². The Morgan fingerprint density at radius 2 is 1.71 bits per heavy atom. The average Bonchev–Trinajstić information content (AvgIpc) is 3.22. The van der Waals surface area contributed by atoms with E-state index in [1.165, 1.54) is 12.8 Å². The van der Waals surface area contributed by atoms with E-state index >= 15 is 0 Å². The number of rotatable bonds is 5. The third-order valence-corrected chi connectivity index (χ3v) is 4.20. The van der Waals surface area contributed by atoms with Crippen LogP contribution in [0.3, 0.4) is 0 Å². The lowest BCUT2D eigenvalue weighted by molar-refractivity contribution is -0.140. The first kappa shape index (κ1) is 16.3. The zero-order chi connectivity index (χ0) is 15.5. The van der Waals surface area contributed by atoms with Crippen LogP contribution in [0.1, 0.15) is 46.5 Å². The number of piperidine rings is 1. The van der Waals surface area contributed by atoms with Gasteiger partial charge in [0.25, 0.3) is 0 Å². The van der Waals surface area contributed by atoms with Gasteiger partial charge >= 0.3 is 0 Å².